The van der Waals surface area contributed by atoms with Gasteiger partial charge in [0.25, 0.3) is 0 Å². The molecule has 0 bridgehead atoms. The second-order valence-electron chi connectivity index (χ2n) is 5.83. The molecule has 0 saturated carbocycles. The average Bonchev–Trinajstić information content (AvgIpc) is 2.69. The Labute approximate surface area is 123 Å². The molecule has 2 atom stereocenters. The van der Waals surface area contributed by atoms with Crippen molar-refractivity contribution in [3.8, 4) is 5.75 Å². The number of methoxy groups -OCH3 is 1. The molecule has 1 aromatic carbocycles. The van der Waals surface area contributed by atoms with Crippen molar-refractivity contribution >= 4 is 0 Å². The predicted molar refractivity (Wildman–Crippen MR) is 84.3 cm³/mol. The summed E-state index contributed by atoms with van der Waals surface area (Å²) >= 11 is 0. The minimum Gasteiger partial charge on any atom is -0.497 e. The Morgan fingerprint density at radius 3 is 2.65 bits per heavy atom. The van der Waals surface area contributed by atoms with Crippen molar-refractivity contribution in [2.75, 3.05) is 27.2 Å². The predicted octanol–water partition coefficient (Wildman–Crippen LogP) is 3.22. The summed E-state index contributed by atoms with van der Waals surface area (Å²) in [6.45, 7) is 4.69. The summed E-state index contributed by atoms with van der Waals surface area (Å²) in [5.41, 5.74) is 1.37. The van der Waals surface area contributed by atoms with Crippen molar-refractivity contribution in [3.63, 3.8) is 0 Å². The molecule has 0 radical (unpaired) electrons. The number of benzene rings is 1. The highest BCUT2D eigenvalue weighted by Gasteiger charge is 2.18. The third-order valence-electron chi connectivity index (χ3n) is 4.32. The van der Waals surface area contributed by atoms with Crippen LogP contribution in [0, 0.1) is 0 Å². The van der Waals surface area contributed by atoms with E-state index < -0.39 is 0 Å². The van der Waals surface area contributed by atoms with E-state index in [2.05, 4.69) is 48.5 Å². The second kappa shape index (κ2) is 7.65. The number of rotatable bonds is 5. The van der Waals surface area contributed by atoms with E-state index >= 15 is 0 Å². The van der Waals surface area contributed by atoms with Gasteiger partial charge in [0.05, 0.1) is 7.11 Å². The molecular formula is C17H28N2O. The summed E-state index contributed by atoms with van der Waals surface area (Å²) in [6.07, 6.45) is 4.96. The molecule has 3 nitrogen and oxygen atoms in total. The first kappa shape index (κ1) is 15.3. The molecule has 0 aliphatic carbocycles. The second-order valence-corrected chi connectivity index (χ2v) is 5.83. The van der Waals surface area contributed by atoms with Gasteiger partial charge in [-0.05, 0) is 63.5 Å². The molecule has 1 N–H and O–H groups in total. The van der Waals surface area contributed by atoms with Crippen LogP contribution >= 0.6 is 0 Å². The number of likely N-dealkylation sites (tertiary alicyclic amines) is 1. The van der Waals surface area contributed by atoms with Crippen molar-refractivity contribution < 1.29 is 4.74 Å². The Bertz CT molecular complexity index is 390. The third-order valence-corrected chi connectivity index (χ3v) is 4.32. The van der Waals surface area contributed by atoms with E-state index in [0.29, 0.717) is 12.1 Å². The van der Waals surface area contributed by atoms with Gasteiger partial charge in [-0.1, -0.05) is 19.1 Å². The van der Waals surface area contributed by atoms with Gasteiger partial charge in [0.1, 0.15) is 5.75 Å². The summed E-state index contributed by atoms with van der Waals surface area (Å²) in [7, 11) is 3.94. The summed E-state index contributed by atoms with van der Waals surface area (Å²) in [5.74, 6) is 0.930. The lowest BCUT2D eigenvalue weighted by Gasteiger charge is -2.24. The van der Waals surface area contributed by atoms with Gasteiger partial charge in [0.2, 0.25) is 0 Å². The normalized spacial score (nSPS) is 22.2. The largest absolute Gasteiger partial charge is 0.497 e. The van der Waals surface area contributed by atoms with Gasteiger partial charge in [0.15, 0.2) is 0 Å². The molecule has 112 valence electrons. The Morgan fingerprint density at radius 2 is 2.00 bits per heavy atom. The number of nitrogens with zero attached hydrogens (tertiary/aromatic N) is 1. The summed E-state index contributed by atoms with van der Waals surface area (Å²) in [5, 5.41) is 3.85. The van der Waals surface area contributed by atoms with E-state index in [4.69, 9.17) is 4.74 Å². The SMILES string of the molecule is CCC(NC1CCCN(C)CC1)c1ccc(OC)cc1. The van der Waals surface area contributed by atoms with Gasteiger partial charge in [-0.25, -0.2) is 0 Å². The van der Waals surface area contributed by atoms with Crippen LogP contribution in [0.1, 0.15) is 44.2 Å². The van der Waals surface area contributed by atoms with Crippen LogP contribution in [0.15, 0.2) is 24.3 Å². The number of hydrogen-bond donors (Lipinski definition) is 1. The molecule has 0 spiro atoms. The summed E-state index contributed by atoms with van der Waals surface area (Å²) < 4.78 is 5.23. The topological polar surface area (TPSA) is 24.5 Å². The maximum absolute atomic E-state index is 5.23. The highest BCUT2D eigenvalue weighted by atomic mass is 16.5. The molecule has 1 fully saturated rings. The van der Waals surface area contributed by atoms with Crippen molar-refractivity contribution in [1.29, 1.82) is 0 Å². The van der Waals surface area contributed by atoms with Crippen molar-refractivity contribution in [2.45, 2.75) is 44.7 Å². The van der Waals surface area contributed by atoms with Crippen LogP contribution in [0.3, 0.4) is 0 Å². The number of ether oxygens (including phenoxy) is 1. The average molecular weight is 276 g/mol. The first-order valence-electron chi connectivity index (χ1n) is 7.81. The molecule has 1 aliphatic rings. The third kappa shape index (κ3) is 4.22. The molecule has 2 rings (SSSR count). The van der Waals surface area contributed by atoms with E-state index in [0.717, 1.165) is 12.2 Å². The Hall–Kier alpha value is -1.06. The maximum atomic E-state index is 5.23. The van der Waals surface area contributed by atoms with Crippen LogP contribution in [0.5, 0.6) is 5.75 Å². The molecule has 3 heteroatoms. The maximum Gasteiger partial charge on any atom is 0.118 e. The first-order chi connectivity index (χ1) is 9.72. The Balaban J connectivity index is 1.96. The fourth-order valence-electron chi connectivity index (χ4n) is 2.98. The van der Waals surface area contributed by atoms with E-state index in [9.17, 15) is 0 Å². The zero-order chi connectivity index (χ0) is 14.4. The van der Waals surface area contributed by atoms with Gasteiger partial charge in [-0.3, -0.25) is 0 Å². The zero-order valence-electron chi connectivity index (χ0n) is 13.1. The van der Waals surface area contributed by atoms with Crippen LogP contribution in [0.4, 0.5) is 0 Å². The molecule has 1 aliphatic heterocycles. The smallest absolute Gasteiger partial charge is 0.118 e. The van der Waals surface area contributed by atoms with Gasteiger partial charge in [0, 0.05) is 12.1 Å². The van der Waals surface area contributed by atoms with Crippen molar-refractivity contribution in [3.05, 3.63) is 29.8 Å². The van der Waals surface area contributed by atoms with Crippen molar-refractivity contribution in [2.24, 2.45) is 0 Å². The van der Waals surface area contributed by atoms with Gasteiger partial charge < -0.3 is 15.0 Å². The lowest BCUT2D eigenvalue weighted by Crippen LogP contribution is -2.33. The standard InChI is InChI=1S/C17H28N2O/c1-4-17(14-7-9-16(20-3)10-8-14)18-15-6-5-12-19(2)13-11-15/h7-10,15,17-18H,4-6,11-13H2,1-3H3. The lowest BCUT2D eigenvalue weighted by molar-refractivity contribution is 0.337. The summed E-state index contributed by atoms with van der Waals surface area (Å²) in [6, 6.07) is 9.58. The van der Waals surface area contributed by atoms with E-state index in [1.54, 1.807) is 7.11 Å². The van der Waals surface area contributed by atoms with Crippen LogP contribution in [0.25, 0.3) is 0 Å². The van der Waals surface area contributed by atoms with E-state index in [1.165, 1.54) is 37.9 Å². The first-order valence-corrected chi connectivity index (χ1v) is 7.81. The zero-order valence-corrected chi connectivity index (χ0v) is 13.1. The molecule has 1 heterocycles. The van der Waals surface area contributed by atoms with Crippen LogP contribution in [-0.4, -0.2) is 38.2 Å². The fourth-order valence-corrected chi connectivity index (χ4v) is 2.98. The highest BCUT2D eigenvalue weighted by Crippen LogP contribution is 2.22. The van der Waals surface area contributed by atoms with E-state index in [1.807, 2.05) is 0 Å². The minimum atomic E-state index is 0.453. The van der Waals surface area contributed by atoms with Crippen LogP contribution in [0.2, 0.25) is 0 Å². The lowest BCUT2D eigenvalue weighted by atomic mass is 10.0. The summed E-state index contributed by atoms with van der Waals surface area (Å²) in [4.78, 5) is 2.44. The minimum absolute atomic E-state index is 0.453. The number of nitrogens with one attached hydrogen (secondary N) is 1. The van der Waals surface area contributed by atoms with Crippen molar-refractivity contribution in [1.82, 2.24) is 10.2 Å². The van der Waals surface area contributed by atoms with Gasteiger partial charge in [-0.15, -0.1) is 0 Å². The molecule has 1 aromatic rings. The molecule has 0 amide bonds. The molecule has 0 aromatic heterocycles. The monoisotopic (exact) mass is 276 g/mol. The number of hydrogen-bond acceptors (Lipinski definition) is 3. The molecule has 20 heavy (non-hydrogen) atoms. The van der Waals surface area contributed by atoms with E-state index in [-0.39, 0.29) is 0 Å². The van der Waals surface area contributed by atoms with Gasteiger partial charge in [-0.2, -0.15) is 0 Å². The van der Waals surface area contributed by atoms with Gasteiger partial charge >= 0.3 is 0 Å². The molecule has 2 unspecified atom stereocenters. The fraction of sp³-hybridized carbons (Fsp3) is 0.647. The Morgan fingerprint density at radius 1 is 1.25 bits per heavy atom. The quantitative estimate of drug-likeness (QED) is 0.893. The molecular weight excluding hydrogens is 248 g/mol. The highest BCUT2D eigenvalue weighted by molar-refractivity contribution is 5.29. The van der Waals surface area contributed by atoms with Crippen LogP contribution in [-0.2, 0) is 0 Å². The molecule has 1 saturated heterocycles. The Kier molecular flexibility index (Phi) is 5.86. The van der Waals surface area contributed by atoms with Crippen LogP contribution < -0.4 is 10.1 Å².